The van der Waals surface area contributed by atoms with Crippen LogP contribution in [0, 0.1) is 39.9 Å². The van der Waals surface area contributed by atoms with Gasteiger partial charge in [-0.2, -0.15) is 0 Å². The second kappa shape index (κ2) is 14.0. The van der Waals surface area contributed by atoms with E-state index in [9.17, 15) is 14.7 Å². The first-order valence-corrected chi connectivity index (χ1v) is 23.0. The first kappa shape index (κ1) is 36.3. The topological polar surface area (TPSA) is 109 Å². The molecule has 4 fully saturated rings. The molecule has 10 rings (SSSR count). The van der Waals surface area contributed by atoms with E-state index in [2.05, 4.69) is 54.1 Å². The molecule has 7 atom stereocenters. The van der Waals surface area contributed by atoms with Crippen LogP contribution in [0.5, 0.6) is 0 Å². The monoisotopic (exact) mass is 759 g/mol. The lowest BCUT2D eigenvalue weighted by Gasteiger charge is -2.59. The molecule has 2 spiro atoms. The minimum Gasteiger partial charge on any atom is -0.427 e. The van der Waals surface area contributed by atoms with Crippen molar-refractivity contribution in [1.29, 1.82) is 0 Å². The van der Waals surface area contributed by atoms with Crippen molar-refractivity contribution in [3.05, 3.63) is 69.5 Å². The van der Waals surface area contributed by atoms with Gasteiger partial charge in [0.25, 0.3) is 0 Å². The lowest BCUT2D eigenvalue weighted by molar-refractivity contribution is -0.135. The number of hydrogen-bond acceptors (Lipinski definition) is 10. The van der Waals surface area contributed by atoms with Crippen LogP contribution in [0.1, 0.15) is 111 Å². The standard InChI is InChI=1S/C43H57N3O5S2/c1-4-41(15-5-6-16-41)22-31-30-11-10-28-29-13-19-43(35(28)34(30)39(48)50-31)32-12-9-25(2)38(45-23-26(3)47)53-52-24-46-33-21-27(14-20-44-33)42(17-7-8-18-42)36(29)37(43)40(49)51-32/h12,14,21-22,25-26,28-29,35,38,44-47H,4-11,13,15-20,23-24H2,1-3H3. The highest BCUT2D eigenvalue weighted by atomic mass is 33.1. The van der Waals surface area contributed by atoms with E-state index in [0.717, 1.165) is 124 Å². The number of ether oxygens (including phenoxy) is 2. The van der Waals surface area contributed by atoms with E-state index in [0.29, 0.717) is 6.54 Å². The summed E-state index contributed by atoms with van der Waals surface area (Å²) in [4.78, 5) is 29.2. The van der Waals surface area contributed by atoms with Crippen molar-refractivity contribution in [2.75, 3.05) is 19.0 Å². The largest absolute Gasteiger partial charge is 0.427 e. The molecule has 8 nitrogen and oxygen atoms in total. The van der Waals surface area contributed by atoms with E-state index in [1.54, 1.807) is 21.6 Å². The number of hydrogen-bond donors (Lipinski definition) is 4. The fraction of sp³-hybridized carbons (Fsp3) is 0.674. The molecule has 1 saturated heterocycles. The van der Waals surface area contributed by atoms with Crippen molar-refractivity contribution in [2.24, 2.45) is 39.9 Å². The highest BCUT2D eigenvalue weighted by Crippen LogP contribution is 2.74. The first-order chi connectivity index (χ1) is 25.7. The quantitative estimate of drug-likeness (QED) is 0.162. The van der Waals surface area contributed by atoms with Gasteiger partial charge >= 0.3 is 11.9 Å². The summed E-state index contributed by atoms with van der Waals surface area (Å²) in [7, 11) is 3.58. The molecule has 0 aromatic carbocycles. The number of esters is 2. The number of carbonyl (C=O) groups is 2. The van der Waals surface area contributed by atoms with Crippen molar-refractivity contribution in [1.82, 2.24) is 16.0 Å². The smallest absolute Gasteiger partial charge is 0.340 e. The average molecular weight is 760 g/mol. The lowest BCUT2D eigenvalue weighted by atomic mass is 9.42. The number of allylic oxidation sites excluding steroid dienone is 7. The molecule has 4 N–H and O–H groups in total. The highest BCUT2D eigenvalue weighted by Gasteiger charge is 2.70. The number of aliphatic hydroxyl groups excluding tert-OH is 1. The van der Waals surface area contributed by atoms with Gasteiger partial charge in [-0.1, -0.05) is 67.2 Å². The maximum Gasteiger partial charge on any atom is 0.340 e. The van der Waals surface area contributed by atoms with Gasteiger partial charge in [0, 0.05) is 35.6 Å². The fourth-order valence-electron chi connectivity index (χ4n) is 12.3. The maximum atomic E-state index is 14.8. The molecular formula is C43H57N3O5S2. The van der Waals surface area contributed by atoms with Crippen molar-refractivity contribution in [3.8, 4) is 0 Å². The van der Waals surface area contributed by atoms with Crippen molar-refractivity contribution in [3.63, 3.8) is 0 Å². The Morgan fingerprint density at radius 1 is 1.04 bits per heavy atom. The van der Waals surface area contributed by atoms with Crippen LogP contribution in [0.25, 0.3) is 0 Å². The average Bonchev–Trinajstić information content (AvgIpc) is 3.96. The number of aliphatic hydroxyl groups is 1. The Kier molecular flexibility index (Phi) is 9.55. The maximum absolute atomic E-state index is 14.8. The van der Waals surface area contributed by atoms with E-state index in [1.165, 1.54) is 24.0 Å². The zero-order chi connectivity index (χ0) is 36.5. The number of carbonyl (C=O) groups excluding carboxylic acids is 2. The number of fused-ring (bicyclic) bond motifs is 3. The highest BCUT2D eigenvalue weighted by molar-refractivity contribution is 8.76. The fourth-order valence-corrected chi connectivity index (χ4v) is 14.8. The second-order valence-electron chi connectivity index (χ2n) is 17.6. The Balaban J connectivity index is 1.23. The molecule has 0 aromatic heterocycles. The molecule has 4 heterocycles. The second-order valence-corrected chi connectivity index (χ2v) is 20.1. The Bertz CT molecular complexity index is 1740. The molecule has 53 heavy (non-hydrogen) atoms. The molecule has 0 amide bonds. The first-order valence-electron chi connectivity index (χ1n) is 20.7. The third kappa shape index (κ3) is 5.77. The number of dihydropyridines is 1. The molecule has 286 valence electrons. The Morgan fingerprint density at radius 3 is 2.60 bits per heavy atom. The van der Waals surface area contributed by atoms with E-state index in [4.69, 9.17) is 9.47 Å². The molecule has 3 saturated carbocycles. The van der Waals surface area contributed by atoms with Gasteiger partial charge in [0.05, 0.1) is 34.2 Å². The van der Waals surface area contributed by atoms with Gasteiger partial charge in [-0.3, -0.25) is 0 Å². The van der Waals surface area contributed by atoms with E-state index >= 15 is 0 Å². The van der Waals surface area contributed by atoms with Gasteiger partial charge in [-0.15, -0.1) is 0 Å². The minimum absolute atomic E-state index is 0.0738. The van der Waals surface area contributed by atoms with Crippen LogP contribution in [0.3, 0.4) is 0 Å². The predicted octanol–water partition coefficient (Wildman–Crippen LogP) is 8.06. The lowest BCUT2D eigenvalue weighted by Crippen LogP contribution is -2.54. The zero-order valence-corrected chi connectivity index (χ0v) is 33.3. The van der Waals surface area contributed by atoms with Gasteiger partial charge in [-0.05, 0) is 124 Å². The van der Waals surface area contributed by atoms with Crippen LogP contribution in [0.4, 0.5) is 0 Å². The minimum atomic E-state index is -0.674. The number of rotatable bonds is 5. The molecule has 0 aromatic rings. The summed E-state index contributed by atoms with van der Waals surface area (Å²) in [5, 5.41) is 21.1. The van der Waals surface area contributed by atoms with Crippen LogP contribution in [-0.4, -0.2) is 47.5 Å². The van der Waals surface area contributed by atoms with Crippen LogP contribution in [-0.2, 0) is 19.1 Å². The van der Waals surface area contributed by atoms with Crippen LogP contribution < -0.4 is 16.0 Å². The SMILES string of the molecule is CCC1(C=C2OC(=O)C3=C2CCC2C4CCC5(C6=CCC(C)C(NCC(C)O)SSCNC7=CC(=CCN7)C7(CCCC7)C4=C5C(=O)O6)C32)CCCC1. The third-order valence-electron chi connectivity index (χ3n) is 14.8. The van der Waals surface area contributed by atoms with Crippen LogP contribution in [0.15, 0.2) is 69.5 Å². The summed E-state index contributed by atoms with van der Waals surface area (Å²) in [6.45, 7) is 7.59. The Labute approximate surface area is 323 Å². The molecule has 0 radical (unpaired) electrons. The van der Waals surface area contributed by atoms with Crippen molar-refractivity contribution >= 4 is 33.5 Å². The summed E-state index contributed by atoms with van der Waals surface area (Å²) < 4.78 is 13.0. The summed E-state index contributed by atoms with van der Waals surface area (Å²) in [5.74, 6) is 3.55. The van der Waals surface area contributed by atoms with Crippen molar-refractivity contribution in [2.45, 2.75) is 122 Å². The van der Waals surface area contributed by atoms with Gasteiger partial charge in [-0.25, -0.2) is 9.59 Å². The molecule has 6 aliphatic carbocycles. The third-order valence-corrected chi connectivity index (χ3v) is 17.4. The van der Waals surface area contributed by atoms with Gasteiger partial charge in [0.15, 0.2) is 0 Å². The summed E-state index contributed by atoms with van der Waals surface area (Å²) in [6.07, 6.45) is 23.4. The van der Waals surface area contributed by atoms with E-state index in [1.807, 2.05) is 6.92 Å². The molecular weight excluding hydrogens is 703 g/mol. The molecule has 7 unspecified atom stereocenters. The Morgan fingerprint density at radius 2 is 1.83 bits per heavy atom. The number of cyclic esters (lactones) is 1. The summed E-state index contributed by atoms with van der Waals surface area (Å²) in [5.41, 5.74) is 4.74. The molecule has 4 aliphatic heterocycles. The van der Waals surface area contributed by atoms with E-state index < -0.39 is 11.5 Å². The molecule has 7 bridgehead atoms. The van der Waals surface area contributed by atoms with Gasteiger partial charge in [0.2, 0.25) is 0 Å². The molecule has 10 aliphatic rings. The molecule has 10 heteroatoms. The van der Waals surface area contributed by atoms with Crippen LogP contribution >= 0.6 is 21.6 Å². The summed E-state index contributed by atoms with van der Waals surface area (Å²) >= 11 is 0. The Hall–Kier alpha value is -2.40. The normalized spacial score (nSPS) is 37.0. The zero-order valence-electron chi connectivity index (χ0n) is 31.7. The summed E-state index contributed by atoms with van der Waals surface area (Å²) in [6, 6.07) is 0. The van der Waals surface area contributed by atoms with Gasteiger partial charge in [0.1, 0.15) is 11.5 Å². The van der Waals surface area contributed by atoms with Crippen LogP contribution in [0.2, 0.25) is 0 Å². The number of nitrogens with one attached hydrogen (secondary N) is 3. The van der Waals surface area contributed by atoms with E-state index in [-0.39, 0.29) is 51.8 Å². The predicted molar refractivity (Wildman–Crippen MR) is 210 cm³/mol. The van der Waals surface area contributed by atoms with Crippen molar-refractivity contribution < 1.29 is 24.2 Å². The van der Waals surface area contributed by atoms with Gasteiger partial charge < -0.3 is 30.5 Å².